The molecule has 6 heteroatoms. The van der Waals surface area contributed by atoms with Gasteiger partial charge in [0.25, 0.3) is 0 Å². The number of thioether (sulfide) groups is 1. The van der Waals surface area contributed by atoms with Crippen LogP contribution in [0.15, 0.2) is 39.1 Å². The van der Waals surface area contributed by atoms with Gasteiger partial charge >= 0.3 is 0 Å². The van der Waals surface area contributed by atoms with Gasteiger partial charge in [-0.2, -0.15) is 0 Å². The maximum atomic E-state index is 12.4. The molecule has 0 aliphatic carbocycles. The highest BCUT2D eigenvalue weighted by Crippen LogP contribution is 2.40. The maximum Gasteiger partial charge on any atom is 0.222 e. The van der Waals surface area contributed by atoms with E-state index in [1.807, 2.05) is 30.3 Å². The molecule has 0 saturated heterocycles. The van der Waals surface area contributed by atoms with Crippen LogP contribution >= 0.6 is 11.8 Å². The summed E-state index contributed by atoms with van der Waals surface area (Å²) in [5.74, 6) is -0.163. The lowest BCUT2D eigenvalue weighted by molar-refractivity contribution is -0.117. The van der Waals surface area contributed by atoms with Crippen LogP contribution in [0.1, 0.15) is 12.5 Å². The fraction of sp³-hybridized carbons (Fsp3) is 0.167. The van der Waals surface area contributed by atoms with Crippen molar-refractivity contribution >= 4 is 39.7 Å². The van der Waals surface area contributed by atoms with Crippen LogP contribution in [-0.4, -0.2) is 20.7 Å². The van der Waals surface area contributed by atoms with Crippen LogP contribution in [0.3, 0.4) is 0 Å². The predicted molar refractivity (Wildman–Crippen MR) is 73.5 cm³/mol. The number of amidine groups is 1. The molecular weight excluding hydrogens is 268 g/mol. The maximum absolute atomic E-state index is 12.4. The predicted octanol–water partition coefficient (Wildman–Crippen LogP) is 1.71. The van der Waals surface area contributed by atoms with Gasteiger partial charge in [-0.05, 0) is 17.7 Å². The molecule has 0 spiro atoms. The van der Waals surface area contributed by atoms with E-state index in [1.54, 1.807) is 0 Å². The number of carbonyl (C=O) groups excluding carboxylic acids is 1. The molecule has 2 aliphatic rings. The zero-order valence-corrected chi connectivity index (χ0v) is 11.2. The first-order chi connectivity index (χ1) is 8.65. The monoisotopic (exact) mass is 278 g/mol. The molecule has 0 bridgehead atoms. The third-order valence-corrected chi connectivity index (χ3v) is 5.31. The molecule has 1 aromatic carbocycles. The Kier molecular flexibility index (Phi) is 2.83. The SMILES string of the molecule is CC(=O)NC1=NC2C(=Cc3ccccc3S2=O)S1. The molecule has 0 radical (unpaired) electrons. The van der Waals surface area contributed by atoms with Gasteiger partial charge < -0.3 is 5.32 Å². The second-order valence-corrected chi connectivity index (χ2v) is 6.50. The topological polar surface area (TPSA) is 58.5 Å². The molecule has 2 heterocycles. The van der Waals surface area contributed by atoms with Gasteiger partial charge in [0.05, 0.1) is 10.8 Å². The molecule has 1 N–H and O–H groups in total. The summed E-state index contributed by atoms with van der Waals surface area (Å²) in [6, 6.07) is 7.58. The van der Waals surface area contributed by atoms with Gasteiger partial charge in [-0.25, -0.2) is 4.99 Å². The van der Waals surface area contributed by atoms with E-state index in [0.717, 1.165) is 15.4 Å². The molecule has 2 atom stereocenters. The summed E-state index contributed by atoms with van der Waals surface area (Å²) in [6.07, 6.45) is 1.99. The summed E-state index contributed by atoms with van der Waals surface area (Å²) in [5.41, 5.74) is 0.967. The summed E-state index contributed by atoms with van der Waals surface area (Å²) < 4.78 is 12.4. The zero-order chi connectivity index (χ0) is 12.7. The van der Waals surface area contributed by atoms with E-state index < -0.39 is 10.8 Å². The van der Waals surface area contributed by atoms with Crippen LogP contribution in [0.5, 0.6) is 0 Å². The first-order valence-corrected chi connectivity index (χ1v) is 7.42. The molecule has 1 aromatic rings. The number of aliphatic imine (C=N–C) groups is 1. The standard InChI is InChI=1S/C12H10N2O2S2/c1-7(15)13-12-14-11-9(17-12)6-8-4-2-3-5-10(8)18(11)16/h2-6,11H,1H3,(H,13,14,15). The molecular formula is C12H10N2O2S2. The molecule has 3 rings (SSSR count). The Morgan fingerprint density at radius 2 is 2.22 bits per heavy atom. The average molecular weight is 278 g/mol. The zero-order valence-electron chi connectivity index (χ0n) is 9.54. The Balaban J connectivity index is 1.99. The molecule has 92 valence electrons. The molecule has 0 aromatic heterocycles. The lowest BCUT2D eigenvalue weighted by atomic mass is 10.2. The Labute approximate surface area is 111 Å². The summed E-state index contributed by atoms with van der Waals surface area (Å²) in [7, 11) is -1.18. The van der Waals surface area contributed by atoms with Crippen LogP contribution in [0.4, 0.5) is 0 Å². The number of amides is 1. The van der Waals surface area contributed by atoms with Crippen molar-refractivity contribution < 1.29 is 9.00 Å². The highest BCUT2D eigenvalue weighted by atomic mass is 32.2. The average Bonchev–Trinajstić information content (AvgIpc) is 2.71. The minimum absolute atomic E-state index is 0.163. The van der Waals surface area contributed by atoms with Crippen molar-refractivity contribution in [3.05, 3.63) is 34.7 Å². The number of fused-ring (bicyclic) bond motifs is 2. The van der Waals surface area contributed by atoms with Gasteiger partial charge in [0, 0.05) is 16.7 Å². The van der Waals surface area contributed by atoms with Gasteiger partial charge in [0.1, 0.15) is 0 Å². The van der Waals surface area contributed by atoms with Crippen molar-refractivity contribution in [1.29, 1.82) is 0 Å². The van der Waals surface area contributed by atoms with E-state index in [-0.39, 0.29) is 11.3 Å². The number of benzene rings is 1. The highest BCUT2D eigenvalue weighted by Gasteiger charge is 2.34. The number of carbonyl (C=O) groups is 1. The third-order valence-electron chi connectivity index (χ3n) is 2.61. The number of hydrogen-bond acceptors (Lipinski definition) is 4. The first kappa shape index (κ1) is 11.7. The fourth-order valence-electron chi connectivity index (χ4n) is 1.88. The highest BCUT2D eigenvalue weighted by molar-refractivity contribution is 8.18. The van der Waals surface area contributed by atoms with Crippen molar-refractivity contribution in [2.24, 2.45) is 4.99 Å². The second kappa shape index (κ2) is 4.37. The molecule has 2 unspecified atom stereocenters. The second-order valence-electron chi connectivity index (χ2n) is 3.95. The van der Waals surface area contributed by atoms with E-state index in [0.29, 0.717) is 5.17 Å². The summed E-state index contributed by atoms with van der Waals surface area (Å²) in [6.45, 7) is 1.44. The van der Waals surface area contributed by atoms with Gasteiger partial charge in [-0.15, -0.1) is 0 Å². The number of hydrogen-bond donors (Lipinski definition) is 1. The fourth-order valence-corrected chi connectivity index (χ4v) is 4.56. The van der Waals surface area contributed by atoms with Crippen molar-refractivity contribution in [1.82, 2.24) is 5.32 Å². The molecule has 2 aliphatic heterocycles. The summed E-state index contributed by atoms with van der Waals surface area (Å²) in [5, 5.41) is 2.80. The quantitative estimate of drug-likeness (QED) is 0.786. The van der Waals surface area contributed by atoms with E-state index in [1.165, 1.54) is 18.7 Å². The van der Waals surface area contributed by atoms with Crippen molar-refractivity contribution in [3.8, 4) is 0 Å². The lowest BCUT2D eigenvalue weighted by Gasteiger charge is -2.16. The molecule has 4 nitrogen and oxygen atoms in total. The smallest absolute Gasteiger partial charge is 0.222 e. The van der Waals surface area contributed by atoms with Crippen LogP contribution in [0.25, 0.3) is 6.08 Å². The Hall–Kier alpha value is -1.40. The largest absolute Gasteiger partial charge is 0.305 e. The molecule has 1 amide bonds. The molecule has 18 heavy (non-hydrogen) atoms. The Morgan fingerprint density at radius 3 is 3.00 bits per heavy atom. The Morgan fingerprint density at radius 1 is 1.44 bits per heavy atom. The number of nitrogens with one attached hydrogen (secondary N) is 1. The number of nitrogens with zero attached hydrogens (tertiary/aromatic N) is 1. The summed E-state index contributed by atoms with van der Waals surface area (Å²) >= 11 is 1.38. The van der Waals surface area contributed by atoms with Crippen LogP contribution in [0.2, 0.25) is 0 Å². The first-order valence-electron chi connectivity index (χ1n) is 5.39. The van der Waals surface area contributed by atoms with E-state index in [9.17, 15) is 9.00 Å². The van der Waals surface area contributed by atoms with E-state index in [4.69, 9.17) is 0 Å². The lowest BCUT2D eigenvalue weighted by Crippen LogP contribution is -2.24. The van der Waals surface area contributed by atoms with Crippen molar-refractivity contribution in [2.75, 3.05) is 0 Å². The van der Waals surface area contributed by atoms with Crippen LogP contribution < -0.4 is 5.32 Å². The van der Waals surface area contributed by atoms with Crippen LogP contribution in [0, 0.1) is 0 Å². The normalized spacial score (nSPS) is 24.7. The number of rotatable bonds is 0. The van der Waals surface area contributed by atoms with E-state index >= 15 is 0 Å². The van der Waals surface area contributed by atoms with Gasteiger partial charge in [-0.1, -0.05) is 30.0 Å². The molecule has 0 saturated carbocycles. The van der Waals surface area contributed by atoms with Crippen molar-refractivity contribution in [3.63, 3.8) is 0 Å². The summed E-state index contributed by atoms with van der Waals surface area (Å²) in [4.78, 5) is 17.0. The third kappa shape index (κ3) is 1.91. The molecule has 0 fully saturated rings. The van der Waals surface area contributed by atoms with E-state index in [2.05, 4.69) is 10.3 Å². The minimum Gasteiger partial charge on any atom is -0.305 e. The van der Waals surface area contributed by atoms with Gasteiger partial charge in [0.15, 0.2) is 10.5 Å². The minimum atomic E-state index is -1.18. The van der Waals surface area contributed by atoms with Gasteiger partial charge in [-0.3, -0.25) is 9.00 Å². The van der Waals surface area contributed by atoms with Crippen molar-refractivity contribution in [2.45, 2.75) is 17.2 Å². The Bertz CT molecular complexity index is 622. The van der Waals surface area contributed by atoms with Crippen LogP contribution in [-0.2, 0) is 15.6 Å². The van der Waals surface area contributed by atoms with Gasteiger partial charge in [0.2, 0.25) is 5.91 Å².